The summed E-state index contributed by atoms with van der Waals surface area (Å²) in [6.45, 7) is 4.15. The number of nitrogens with two attached hydrogens (primary N) is 1. The van der Waals surface area contributed by atoms with Crippen LogP contribution in [0.2, 0.25) is 0 Å². The Morgan fingerprint density at radius 2 is 1.71 bits per heavy atom. The van der Waals surface area contributed by atoms with Crippen LogP contribution in [0.3, 0.4) is 0 Å². The molecule has 2 aliphatic rings. The molecule has 0 bridgehead atoms. The van der Waals surface area contributed by atoms with Gasteiger partial charge in [-0.3, -0.25) is 29.0 Å². The van der Waals surface area contributed by atoms with Crippen LogP contribution in [0.15, 0.2) is 82.8 Å². The number of hydrogen-bond donors (Lipinski definition) is 1. The van der Waals surface area contributed by atoms with E-state index >= 15 is 0 Å². The van der Waals surface area contributed by atoms with Crippen molar-refractivity contribution in [3.8, 4) is 34.2 Å². The van der Waals surface area contributed by atoms with Gasteiger partial charge in [-0.25, -0.2) is 14.4 Å². The predicted octanol–water partition coefficient (Wildman–Crippen LogP) is 3.19. The molecule has 1 spiro atoms. The lowest BCUT2D eigenvalue weighted by Crippen LogP contribution is -2.73. The largest absolute Gasteiger partial charge is 0.491 e. The Morgan fingerprint density at radius 1 is 0.933 bits per heavy atom. The SMILES string of the molecule is COc1c(N2CC3(CN(Cc4ccc(-n5c(-c6cccnc6N)nc6cnc(-c7ccc(F)cn7)cc65)cc4)C3)C2)c(=O)c1=O. The standard InChI is InChI=1S/C33H27FN8O3/c1-45-30-27(28(43)29(30)44)41-17-33(18-41)15-40(16-33)14-19-4-7-21(8-5-19)42-26-11-24(23-9-6-20(34)12-37-23)38-13-25(26)39-32(42)22-3-2-10-36-31(22)35/h2-13H,14-18H2,1H3,(H2,35,36). The minimum absolute atomic E-state index is 0.143. The maximum absolute atomic E-state index is 13.5. The summed E-state index contributed by atoms with van der Waals surface area (Å²) in [5, 5.41) is 0. The van der Waals surface area contributed by atoms with E-state index < -0.39 is 16.7 Å². The number of likely N-dealkylation sites (tertiary alicyclic amines) is 1. The number of fused-ring (bicyclic) bond motifs is 1. The number of pyridine rings is 3. The molecule has 11 nitrogen and oxygen atoms in total. The van der Waals surface area contributed by atoms with Crippen LogP contribution in [0.4, 0.5) is 15.9 Å². The number of nitrogen functional groups attached to an aromatic ring is 1. The number of imidazole rings is 1. The molecule has 2 saturated heterocycles. The van der Waals surface area contributed by atoms with E-state index in [1.54, 1.807) is 18.5 Å². The lowest BCUT2D eigenvalue weighted by atomic mass is 9.72. The fourth-order valence-electron chi connectivity index (χ4n) is 6.68. The first-order valence-electron chi connectivity index (χ1n) is 14.5. The Labute approximate surface area is 256 Å². The Morgan fingerprint density at radius 3 is 2.42 bits per heavy atom. The van der Waals surface area contributed by atoms with E-state index in [1.807, 2.05) is 27.7 Å². The van der Waals surface area contributed by atoms with Crippen LogP contribution >= 0.6 is 0 Å². The molecule has 6 aromatic rings. The zero-order valence-corrected chi connectivity index (χ0v) is 24.3. The maximum Gasteiger partial charge on any atom is 0.272 e. The van der Waals surface area contributed by atoms with Gasteiger partial charge >= 0.3 is 0 Å². The lowest BCUT2D eigenvalue weighted by molar-refractivity contribution is -0.0276. The Hall–Kier alpha value is -5.49. The van der Waals surface area contributed by atoms with Crippen LogP contribution in [-0.4, -0.2) is 62.7 Å². The first-order valence-corrected chi connectivity index (χ1v) is 14.5. The lowest BCUT2D eigenvalue weighted by Gasteiger charge is -2.61. The van der Waals surface area contributed by atoms with Crippen molar-refractivity contribution in [3.63, 3.8) is 0 Å². The van der Waals surface area contributed by atoms with Crippen molar-refractivity contribution in [1.82, 2.24) is 29.4 Å². The highest BCUT2D eigenvalue weighted by Crippen LogP contribution is 2.43. The van der Waals surface area contributed by atoms with Crippen LogP contribution in [-0.2, 0) is 6.54 Å². The molecule has 6 heterocycles. The number of hydrogen-bond acceptors (Lipinski definition) is 10. The van der Waals surface area contributed by atoms with E-state index in [1.165, 1.54) is 24.9 Å². The summed E-state index contributed by atoms with van der Waals surface area (Å²) < 4.78 is 20.7. The second-order valence-corrected chi connectivity index (χ2v) is 11.8. The molecular formula is C33H27FN8O3. The highest BCUT2D eigenvalue weighted by atomic mass is 19.1. The molecule has 224 valence electrons. The minimum atomic E-state index is -0.533. The molecule has 8 rings (SSSR count). The van der Waals surface area contributed by atoms with Crippen molar-refractivity contribution < 1.29 is 9.13 Å². The maximum atomic E-state index is 13.5. The summed E-state index contributed by atoms with van der Waals surface area (Å²) in [4.78, 5) is 46.0. The van der Waals surface area contributed by atoms with Gasteiger partial charge in [0.05, 0.1) is 42.0 Å². The zero-order chi connectivity index (χ0) is 30.9. The molecule has 2 N–H and O–H groups in total. The first-order chi connectivity index (χ1) is 21.8. The summed E-state index contributed by atoms with van der Waals surface area (Å²) in [5.74, 6) is 0.768. The highest BCUT2D eigenvalue weighted by molar-refractivity contribution is 5.87. The van der Waals surface area contributed by atoms with Crippen molar-refractivity contribution in [1.29, 1.82) is 0 Å². The Balaban J connectivity index is 1.05. The third-order valence-corrected chi connectivity index (χ3v) is 8.74. The summed E-state index contributed by atoms with van der Waals surface area (Å²) in [6.07, 6.45) is 4.50. The Bertz CT molecular complexity index is 2160. The molecule has 0 radical (unpaired) electrons. The van der Waals surface area contributed by atoms with Crippen molar-refractivity contribution in [2.24, 2.45) is 5.41 Å². The molecule has 0 atom stereocenters. The number of methoxy groups -OCH3 is 1. The monoisotopic (exact) mass is 602 g/mol. The van der Waals surface area contributed by atoms with E-state index in [9.17, 15) is 14.0 Å². The van der Waals surface area contributed by atoms with Gasteiger partial charge in [0, 0.05) is 50.0 Å². The number of halogens is 1. The fourth-order valence-corrected chi connectivity index (χ4v) is 6.68. The van der Waals surface area contributed by atoms with E-state index in [0.29, 0.717) is 39.8 Å². The minimum Gasteiger partial charge on any atom is -0.491 e. The summed E-state index contributed by atoms with van der Waals surface area (Å²) in [7, 11) is 1.43. The third-order valence-electron chi connectivity index (χ3n) is 8.74. The van der Waals surface area contributed by atoms with Crippen LogP contribution in [0.1, 0.15) is 5.56 Å². The highest BCUT2D eigenvalue weighted by Gasteiger charge is 2.53. The van der Waals surface area contributed by atoms with Gasteiger partial charge in [0.25, 0.3) is 10.9 Å². The molecular weight excluding hydrogens is 575 g/mol. The molecule has 2 aliphatic heterocycles. The average molecular weight is 603 g/mol. The predicted molar refractivity (Wildman–Crippen MR) is 168 cm³/mol. The van der Waals surface area contributed by atoms with E-state index in [4.69, 9.17) is 15.5 Å². The van der Waals surface area contributed by atoms with Crippen LogP contribution < -0.4 is 26.2 Å². The van der Waals surface area contributed by atoms with Crippen molar-refractivity contribution in [2.45, 2.75) is 6.54 Å². The number of nitrogens with zero attached hydrogens (tertiary/aromatic N) is 7. The zero-order valence-electron chi connectivity index (χ0n) is 24.3. The van der Waals surface area contributed by atoms with Gasteiger partial charge in [-0.1, -0.05) is 12.1 Å². The summed E-state index contributed by atoms with van der Waals surface area (Å²) >= 11 is 0. The fraction of sp³-hybridized carbons (Fsp3) is 0.212. The number of anilines is 2. The number of benzene rings is 1. The summed E-state index contributed by atoms with van der Waals surface area (Å²) in [5.41, 5.74) is 11.2. The number of rotatable bonds is 7. The third kappa shape index (κ3) is 4.36. The van der Waals surface area contributed by atoms with E-state index in [2.05, 4.69) is 44.1 Å². The summed E-state index contributed by atoms with van der Waals surface area (Å²) in [6, 6.07) is 16.9. The van der Waals surface area contributed by atoms with E-state index in [-0.39, 0.29) is 11.2 Å². The molecule has 0 amide bonds. The molecule has 12 heteroatoms. The smallest absolute Gasteiger partial charge is 0.272 e. The molecule has 4 aromatic heterocycles. The van der Waals surface area contributed by atoms with Gasteiger partial charge in [-0.05, 0) is 48.0 Å². The van der Waals surface area contributed by atoms with Crippen LogP contribution in [0.5, 0.6) is 5.75 Å². The number of aromatic nitrogens is 5. The average Bonchev–Trinajstić information content (AvgIpc) is 3.39. The van der Waals surface area contributed by atoms with Gasteiger partial charge in [0.15, 0.2) is 5.75 Å². The van der Waals surface area contributed by atoms with Crippen LogP contribution in [0, 0.1) is 11.2 Å². The second kappa shape index (κ2) is 10.0. The van der Waals surface area contributed by atoms with Gasteiger partial charge in [0.2, 0.25) is 0 Å². The van der Waals surface area contributed by atoms with Crippen molar-refractivity contribution in [3.05, 3.63) is 105 Å². The molecule has 2 fully saturated rings. The molecule has 0 saturated carbocycles. The molecule has 45 heavy (non-hydrogen) atoms. The second-order valence-electron chi connectivity index (χ2n) is 11.8. The van der Waals surface area contributed by atoms with Gasteiger partial charge in [-0.2, -0.15) is 0 Å². The van der Waals surface area contributed by atoms with E-state index in [0.717, 1.165) is 43.9 Å². The topological polar surface area (TPSA) is 132 Å². The van der Waals surface area contributed by atoms with Crippen molar-refractivity contribution in [2.75, 3.05) is 43.9 Å². The number of ether oxygens (including phenoxy) is 1. The molecule has 2 aromatic carbocycles. The van der Waals surface area contributed by atoms with Crippen molar-refractivity contribution >= 4 is 22.5 Å². The normalized spacial score (nSPS) is 15.8. The van der Waals surface area contributed by atoms with Gasteiger partial charge in [0.1, 0.15) is 28.7 Å². The molecule has 0 aliphatic carbocycles. The molecule has 0 unspecified atom stereocenters. The first kappa shape index (κ1) is 27.1. The Kier molecular flexibility index (Phi) is 6.04. The van der Waals surface area contributed by atoms with Gasteiger partial charge < -0.3 is 15.4 Å². The quantitative estimate of drug-likeness (QED) is 0.272. The van der Waals surface area contributed by atoms with Crippen LogP contribution in [0.25, 0.3) is 39.5 Å². The van der Waals surface area contributed by atoms with Gasteiger partial charge in [-0.15, -0.1) is 0 Å².